The molecule has 0 bridgehead atoms. The maximum absolute atomic E-state index is 12.5. The Morgan fingerprint density at radius 1 is 1.18 bits per heavy atom. The van der Waals surface area contributed by atoms with Crippen LogP contribution in [0.5, 0.6) is 0 Å². The molecule has 1 heterocycles. The molecule has 0 radical (unpaired) electrons. The third-order valence-corrected chi connectivity index (χ3v) is 3.79. The molecule has 4 nitrogen and oxygen atoms in total. The van der Waals surface area contributed by atoms with Crippen LogP contribution in [0.1, 0.15) is 37.6 Å². The fraction of sp³-hybridized carbons (Fsp3) is 0.500. The number of carbonyl (C=O) groups excluding carboxylic acids is 2. The highest BCUT2D eigenvalue weighted by Gasteiger charge is 2.33. The zero-order valence-corrected chi connectivity index (χ0v) is 14.4. The molecule has 1 saturated heterocycles. The standard InChI is InChI=1S/C16H19Cl2NO3/c1-16(2,3)22-15(21)19-5-4-10(9-19)14(20)11-6-12(17)8-13(18)7-11/h6-8,10H,4-5,9H2,1-3H3/t10-/m0/s1. The second kappa shape index (κ2) is 6.47. The summed E-state index contributed by atoms with van der Waals surface area (Å²) in [6.45, 7) is 6.32. The second-order valence-corrected chi connectivity index (χ2v) is 7.31. The first-order valence-electron chi connectivity index (χ1n) is 7.14. The topological polar surface area (TPSA) is 46.6 Å². The van der Waals surface area contributed by atoms with Gasteiger partial charge in [-0.3, -0.25) is 4.79 Å². The van der Waals surface area contributed by atoms with Crippen molar-refractivity contribution in [1.29, 1.82) is 0 Å². The lowest BCUT2D eigenvalue weighted by Crippen LogP contribution is -2.35. The molecular weight excluding hydrogens is 325 g/mol. The molecule has 120 valence electrons. The Kier molecular flexibility index (Phi) is 5.03. The van der Waals surface area contributed by atoms with Gasteiger partial charge in [-0.15, -0.1) is 0 Å². The fourth-order valence-corrected chi connectivity index (χ4v) is 2.92. The molecule has 1 aliphatic rings. The van der Waals surface area contributed by atoms with Gasteiger partial charge in [0.05, 0.1) is 0 Å². The number of nitrogens with zero attached hydrogens (tertiary/aromatic N) is 1. The molecule has 0 aromatic heterocycles. The summed E-state index contributed by atoms with van der Waals surface area (Å²) >= 11 is 11.9. The SMILES string of the molecule is CC(C)(C)OC(=O)N1CC[C@H](C(=O)c2cc(Cl)cc(Cl)c2)C1. The average molecular weight is 344 g/mol. The van der Waals surface area contributed by atoms with Crippen molar-refractivity contribution in [1.82, 2.24) is 4.90 Å². The molecule has 22 heavy (non-hydrogen) atoms. The zero-order valence-electron chi connectivity index (χ0n) is 12.9. The zero-order chi connectivity index (χ0) is 16.5. The van der Waals surface area contributed by atoms with E-state index < -0.39 is 5.60 Å². The largest absolute Gasteiger partial charge is 0.444 e. The molecule has 6 heteroatoms. The molecule has 0 unspecified atom stereocenters. The third-order valence-electron chi connectivity index (χ3n) is 3.36. The van der Waals surface area contributed by atoms with E-state index in [1.807, 2.05) is 20.8 Å². The normalized spacial score (nSPS) is 18.4. The van der Waals surface area contributed by atoms with Gasteiger partial charge in [0.15, 0.2) is 5.78 Å². The van der Waals surface area contributed by atoms with Crippen molar-refractivity contribution >= 4 is 35.1 Å². The lowest BCUT2D eigenvalue weighted by Gasteiger charge is -2.24. The minimum absolute atomic E-state index is 0.0459. The quantitative estimate of drug-likeness (QED) is 0.746. The number of ether oxygens (including phenoxy) is 1. The van der Waals surface area contributed by atoms with Gasteiger partial charge in [0.2, 0.25) is 0 Å². The van der Waals surface area contributed by atoms with Gasteiger partial charge in [0.25, 0.3) is 0 Å². The van der Waals surface area contributed by atoms with Gasteiger partial charge in [-0.2, -0.15) is 0 Å². The van der Waals surface area contributed by atoms with Gasteiger partial charge in [0.1, 0.15) is 5.60 Å². The summed E-state index contributed by atoms with van der Waals surface area (Å²) in [6.07, 6.45) is 0.231. The Balaban J connectivity index is 2.03. The second-order valence-electron chi connectivity index (χ2n) is 6.43. The number of rotatable bonds is 2. The number of ketones is 1. The Morgan fingerprint density at radius 2 is 1.77 bits per heavy atom. The molecule has 0 saturated carbocycles. The summed E-state index contributed by atoms with van der Waals surface area (Å²) < 4.78 is 5.33. The van der Waals surface area contributed by atoms with Crippen LogP contribution in [0.15, 0.2) is 18.2 Å². The minimum atomic E-state index is -0.542. The van der Waals surface area contributed by atoms with E-state index in [-0.39, 0.29) is 17.8 Å². The van der Waals surface area contributed by atoms with Crippen LogP contribution in [0.2, 0.25) is 10.0 Å². The Labute approximate surface area is 140 Å². The number of hydrogen-bond donors (Lipinski definition) is 0. The first-order chi connectivity index (χ1) is 10.2. The van der Waals surface area contributed by atoms with Crippen LogP contribution < -0.4 is 0 Å². The Hall–Kier alpha value is -1.26. The first-order valence-corrected chi connectivity index (χ1v) is 7.89. The van der Waals surface area contributed by atoms with E-state index in [1.54, 1.807) is 23.1 Å². The van der Waals surface area contributed by atoms with Crippen LogP contribution in [-0.4, -0.2) is 35.5 Å². The highest BCUT2D eigenvalue weighted by Crippen LogP contribution is 2.26. The monoisotopic (exact) mass is 343 g/mol. The highest BCUT2D eigenvalue weighted by molar-refractivity contribution is 6.35. The number of likely N-dealkylation sites (tertiary alicyclic amines) is 1. The molecule has 2 rings (SSSR count). The molecular formula is C16H19Cl2NO3. The molecule has 1 fully saturated rings. The summed E-state index contributed by atoms with van der Waals surface area (Å²) in [7, 11) is 0. The predicted octanol–water partition coefficient (Wildman–Crippen LogP) is 4.43. The number of hydrogen-bond acceptors (Lipinski definition) is 3. The fourth-order valence-electron chi connectivity index (χ4n) is 2.40. The molecule has 1 aromatic carbocycles. The van der Waals surface area contributed by atoms with Crippen LogP contribution in [0.4, 0.5) is 4.79 Å². The Morgan fingerprint density at radius 3 is 2.32 bits per heavy atom. The molecule has 0 spiro atoms. The smallest absolute Gasteiger partial charge is 0.410 e. The van der Waals surface area contributed by atoms with E-state index in [9.17, 15) is 9.59 Å². The predicted molar refractivity (Wildman–Crippen MR) is 86.7 cm³/mol. The van der Waals surface area contributed by atoms with Crippen LogP contribution in [0.3, 0.4) is 0 Å². The van der Waals surface area contributed by atoms with Crippen molar-refractivity contribution in [3.8, 4) is 0 Å². The minimum Gasteiger partial charge on any atom is -0.444 e. The van der Waals surface area contributed by atoms with Gasteiger partial charge in [-0.25, -0.2) is 4.79 Å². The number of Topliss-reactive ketones (excluding diaryl/α,β-unsaturated/α-hetero) is 1. The summed E-state index contributed by atoms with van der Waals surface area (Å²) in [6, 6.07) is 4.79. The lowest BCUT2D eigenvalue weighted by molar-refractivity contribution is 0.0289. The van der Waals surface area contributed by atoms with E-state index in [0.717, 1.165) is 0 Å². The molecule has 1 aliphatic heterocycles. The van der Waals surface area contributed by atoms with Crippen molar-refractivity contribution in [2.75, 3.05) is 13.1 Å². The van der Waals surface area contributed by atoms with Gasteiger partial charge < -0.3 is 9.64 Å². The van der Waals surface area contributed by atoms with Gasteiger partial charge >= 0.3 is 6.09 Å². The van der Waals surface area contributed by atoms with Crippen LogP contribution >= 0.6 is 23.2 Å². The van der Waals surface area contributed by atoms with Crippen molar-refractivity contribution in [2.45, 2.75) is 32.8 Å². The van der Waals surface area contributed by atoms with Crippen molar-refractivity contribution < 1.29 is 14.3 Å². The Bertz CT molecular complexity index is 575. The van der Waals surface area contributed by atoms with E-state index in [0.29, 0.717) is 35.1 Å². The molecule has 1 aromatic rings. The van der Waals surface area contributed by atoms with Crippen molar-refractivity contribution in [3.05, 3.63) is 33.8 Å². The van der Waals surface area contributed by atoms with Crippen LogP contribution in [-0.2, 0) is 4.74 Å². The van der Waals surface area contributed by atoms with Crippen LogP contribution in [0, 0.1) is 5.92 Å². The average Bonchev–Trinajstić information content (AvgIpc) is 2.84. The number of halogens is 2. The van der Waals surface area contributed by atoms with Crippen LogP contribution in [0.25, 0.3) is 0 Å². The maximum Gasteiger partial charge on any atom is 0.410 e. The molecule has 0 aliphatic carbocycles. The first kappa shape index (κ1) is 17.1. The van der Waals surface area contributed by atoms with Gasteiger partial charge in [0, 0.05) is 34.6 Å². The molecule has 1 amide bonds. The van der Waals surface area contributed by atoms with Gasteiger partial charge in [-0.05, 0) is 45.4 Å². The lowest BCUT2D eigenvalue weighted by atomic mass is 9.97. The summed E-state index contributed by atoms with van der Waals surface area (Å²) in [5, 5.41) is 0.857. The highest BCUT2D eigenvalue weighted by atomic mass is 35.5. The number of benzene rings is 1. The third kappa shape index (κ3) is 4.37. The van der Waals surface area contributed by atoms with Crippen molar-refractivity contribution in [2.24, 2.45) is 5.92 Å². The summed E-state index contributed by atoms with van der Waals surface area (Å²) in [4.78, 5) is 26.1. The van der Waals surface area contributed by atoms with E-state index in [4.69, 9.17) is 27.9 Å². The van der Waals surface area contributed by atoms with E-state index in [1.165, 1.54) is 0 Å². The molecule has 0 N–H and O–H groups in total. The summed E-state index contributed by atoms with van der Waals surface area (Å²) in [5.41, 5.74) is -0.0619. The summed E-state index contributed by atoms with van der Waals surface area (Å²) in [5.74, 6) is -0.294. The van der Waals surface area contributed by atoms with E-state index in [2.05, 4.69) is 0 Å². The number of carbonyl (C=O) groups is 2. The molecule has 1 atom stereocenters. The van der Waals surface area contributed by atoms with E-state index >= 15 is 0 Å². The maximum atomic E-state index is 12.5. The van der Waals surface area contributed by atoms with Gasteiger partial charge in [-0.1, -0.05) is 23.2 Å². The van der Waals surface area contributed by atoms with Crippen molar-refractivity contribution in [3.63, 3.8) is 0 Å². The number of amides is 1.